The van der Waals surface area contributed by atoms with Gasteiger partial charge in [0.05, 0.1) is 5.56 Å². The Hall–Kier alpha value is -1.24. The smallest absolute Gasteiger partial charge is 0.319 e. The third-order valence-corrected chi connectivity index (χ3v) is 2.83. The largest absolute Gasteiger partial charge is 0.419 e. The van der Waals surface area contributed by atoms with Crippen molar-refractivity contribution in [2.24, 2.45) is 0 Å². The minimum Gasteiger partial charge on any atom is -0.319 e. The molecule has 0 atom stereocenters. The van der Waals surface area contributed by atoms with Crippen LogP contribution < -0.4 is 5.32 Å². The van der Waals surface area contributed by atoms with Crippen molar-refractivity contribution in [3.63, 3.8) is 0 Å². The molecule has 0 saturated heterocycles. The lowest BCUT2D eigenvalue weighted by Crippen LogP contribution is -2.15. The fourth-order valence-corrected chi connectivity index (χ4v) is 1.47. The number of amidine groups is 1. The molecule has 2 N–H and O–H groups in total. The number of thioether (sulfide) groups is 1. The predicted molar refractivity (Wildman–Crippen MR) is 68.2 cm³/mol. The van der Waals surface area contributed by atoms with Crippen molar-refractivity contribution in [2.45, 2.75) is 25.9 Å². The minimum atomic E-state index is -4.49. The van der Waals surface area contributed by atoms with Crippen LogP contribution in [0.3, 0.4) is 0 Å². The Morgan fingerprint density at radius 2 is 2.06 bits per heavy atom. The molecule has 18 heavy (non-hydrogen) atoms. The highest BCUT2D eigenvalue weighted by atomic mass is 32.2. The Morgan fingerprint density at radius 1 is 1.44 bits per heavy atom. The monoisotopic (exact) mass is 277 g/mol. The van der Waals surface area contributed by atoms with E-state index >= 15 is 0 Å². The zero-order valence-electron chi connectivity index (χ0n) is 10.2. The van der Waals surface area contributed by atoms with Gasteiger partial charge in [-0.15, -0.1) is 0 Å². The number of aromatic nitrogens is 1. The van der Waals surface area contributed by atoms with Crippen molar-refractivity contribution >= 4 is 22.7 Å². The molecule has 0 amide bonds. The Morgan fingerprint density at radius 3 is 2.50 bits per heavy atom. The van der Waals surface area contributed by atoms with Crippen molar-refractivity contribution in [3.8, 4) is 0 Å². The van der Waals surface area contributed by atoms with E-state index in [2.05, 4.69) is 10.3 Å². The third kappa shape index (κ3) is 3.63. The molecular formula is C11H14F3N3S. The maximum absolute atomic E-state index is 12.9. The molecule has 0 radical (unpaired) electrons. The van der Waals surface area contributed by atoms with E-state index in [9.17, 15) is 13.2 Å². The van der Waals surface area contributed by atoms with Crippen LogP contribution in [0.25, 0.3) is 0 Å². The van der Waals surface area contributed by atoms with E-state index in [-0.39, 0.29) is 16.9 Å². The summed E-state index contributed by atoms with van der Waals surface area (Å²) in [6.07, 6.45) is -1.49. The maximum atomic E-state index is 12.9. The molecule has 0 saturated carbocycles. The van der Waals surface area contributed by atoms with E-state index in [1.165, 1.54) is 6.20 Å². The maximum Gasteiger partial charge on any atom is 0.419 e. The summed E-state index contributed by atoms with van der Waals surface area (Å²) in [5.74, 6) is -0.362. The van der Waals surface area contributed by atoms with Gasteiger partial charge in [-0.1, -0.05) is 25.6 Å². The van der Waals surface area contributed by atoms with E-state index in [4.69, 9.17) is 5.41 Å². The first-order valence-electron chi connectivity index (χ1n) is 5.22. The predicted octanol–water partition coefficient (Wildman–Crippen LogP) is 3.93. The van der Waals surface area contributed by atoms with Crippen LogP contribution in [0.4, 0.5) is 19.0 Å². The first kappa shape index (κ1) is 14.8. The van der Waals surface area contributed by atoms with Crippen LogP contribution in [0.1, 0.15) is 30.9 Å². The number of hydrogen-bond acceptors (Lipinski definition) is 3. The average Bonchev–Trinajstić information content (AvgIpc) is 2.27. The lowest BCUT2D eigenvalue weighted by molar-refractivity contribution is -0.137. The molecule has 0 bridgehead atoms. The van der Waals surface area contributed by atoms with E-state index < -0.39 is 11.7 Å². The van der Waals surface area contributed by atoms with Crippen LogP contribution in [-0.2, 0) is 6.18 Å². The second-order valence-electron chi connectivity index (χ2n) is 3.98. The van der Waals surface area contributed by atoms with Crippen molar-refractivity contribution in [3.05, 3.63) is 23.4 Å². The first-order chi connectivity index (χ1) is 8.25. The molecule has 1 aromatic rings. The number of nitrogens with one attached hydrogen (secondary N) is 2. The number of pyridine rings is 1. The van der Waals surface area contributed by atoms with Crippen LogP contribution in [0.5, 0.6) is 0 Å². The van der Waals surface area contributed by atoms with E-state index in [0.717, 1.165) is 17.8 Å². The van der Waals surface area contributed by atoms with Crippen LogP contribution in [0.2, 0.25) is 0 Å². The normalized spacial score (nSPS) is 11.7. The summed E-state index contributed by atoms with van der Waals surface area (Å²) in [5, 5.41) is 9.63. The van der Waals surface area contributed by atoms with Crippen LogP contribution in [0.15, 0.2) is 12.3 Å². The Bertz CT molecular complexity index is 444. The van der Waals surface area contributed by atoms with Gasteiger partial charge in [0, 0.05) is 6.20 Å². The van der Waals surface area contributed by atoms with Crippen LogP contribution in [0, 0.1) is 5.41 Å². The first-order valence-corrected chi connectivity index (χ1v) is 6.45. The summed E-state index contributed by atoms with van der Waals surface area (Å²) in [6.45, 7) is 3.60. The molecule has 1 aromatic heterocycles. The quantitative estimate of drug-likeness (QED) is 0.636. The summed E-state index contributed by atoms with van der Waals surface area (Å²) >= 11 is 1.01. The SMILES string of the molecule is CSC(=N)Nc1ncc(C(C)C)cc1C(F)(F)F. The third-order valence-electron chi connectivity index (χ3n) is 2.32. The Labute approximate surface area is 108 Å². The highest BCUT2D eigenvalue weighted by Crippen LogP contribution is 2.35. The van der Waals surface area contributed by atoms with Crippen molar-refractivity contribution < 1.29 is 13.2 Å². The zero-order chi connectivity index (χ0) is 13.9. The number of rotatable bonds is 2. The molecule has 7 heteroatoms. The molecule has 0 aromatic carbocycles. The van der Waals surface area contributed by atoms with Gasteiger partial charge in [-0.3, -0.25) is 5.41 Å². The fourth-order valence-electron chi connectivity index (χ4n) is 1.27. The lowest BCUT2D eigenvalue weighted by Gasteiger charge is -2.15. The van der Waals surface area contributed by atoms with Gasteiger partial charge in [-0.2, -0.15) is 13.2 Å². The number of anilines is 1. The van der Waals surface area contributed by atoms with Crippen molar-refractivity contribution in [1.29, 1.82) is 5.41 Å². The highest BCUT2D eigenvalue weighted by Gasteiger charge is 2.35. The van der Waals surface area contributed by atoms with E-state index in [0.29, 0.717) is 5.56 Å². The standard InChI is InChI=1S/C11H14F3N3S/c1-6(2)7-4-8(11(12,13)14)9(16-5-7)17-10(15)18-3/h4-6H,1-3H3,(H2,15,16,17). The average molecular weight is 277 g/mol. The molecule has 0 spiro atoms. The summed E-state index contributed by atoms with van der Waals surface area (Å²) < 4.78 is 38.7. The van der Waals surface area contributed by atoms with Crippen molar-refractivity contribution in [1.82, 2.24) is 4.98 Å². The number of hydrogen-bond donors (Lipinski definition) is 2. The Balaban J connectivity index is 3.21. The Kier molecular flexibility index (Phi) is 4.61. The van der Waals surface area contributed by atoms with Crippen LogP contribution in [-0.4, -0.2) is 16.4 Å². The summed E-state index contributed by atoms with van der Waals surface area (Å²) in [4.78, 5) is 3.77. The molecule has 1 rings (SSSR count). The molecule has 1 heterocycles. The fraction of sp³-hybridized carbons (Fsp3) is 0.455. The summed E-state index contributed by atoms with van der Waals surface area (Å²) in [7, 11) is 0. The van der Waals surface area contributed by atoms with Gasteiger partial charge >= 0.3 is 6.18 Å². The van der Waals surface area contributed by atoms with Gasteiger partial charge in [-0.25, -0.2) is 4.98 Å². The second-order valence-corrected chi connectivity index (χ2v) is 4.79. The molecule has 0 aliphatic rings. The number of halogens is 3. The van der Waals surface area contributed by atoms with Gasteiger partial charge in [0.1, 0.15) is 5.82 Å². The summed E-state index contributed by atoms with van der Waals surface area (Å²) in [6, 6.07) is 1.08. The molecule has 0 fully saturated rings. The van der Waals surface area contributed by atoms with Gasteiger partial charge in [0.2, 0.25) is 0 Å². The van der Waals surface area contributed by atoms with Crippen molar-refractivity contribution in [2.75, 3.05) is 11.6 Å². The zero-order valence-corrected chi connectivity index (χ0v) is 11.0. The highest BCUT2D eigenvalue weighted by molar-refractivity contribution is 8.13. The molecule has 0 aliphatic heterocycles. The molecule has 3 nitrogen and oxygen atoms in total. The van der Waals surface area contributed by atoms with E-state index in [1.54, 1.807) is 20.1 Å². The lowest BCUT2D eigenvalue weighted by atomic mass is 10.0. The summed E-state index contributed by atoms with van der Waals surface area (Å²) in [5.41, 5.74) is -0.323. The van der Waals surface area contributed by atoms with Gasteiger partial charge in [-0.05, 0) is 23.8 Å². The van der Waals surface area contributed by atoms with Gasteiger partial charge in [0.25, 0.3) is 0 Å². The number of alkyl halides is 3. The second kappa shape index (κ2) is 5.60. The molecule has 100 valence electrons. The molecule has 0 unspecified atom stereocenters. The molecule has 0 aliphatic carbocycles. The van der Waals surface area contributed by atoms with Gasteiger partial charge in [0.15, 0.2) is 5.17 Å². The van der Waals surface area contributed by atoms with Crippen LogP contribution >= 0.6 is 11.8 Å². The van der Waals surface area contributed by atoms with Gasteiger partial charge < -0.3 is 5.32 Å². The topological polar surface area (TPSA) is 48.8 Å². The number of nitrogens with zero attached hydrogens (tertiary/aromatic N) is 1. The van der Waals surface area contributed by atoms with E-state index in [1.807, 2.05) is 0 Å². The minimum absolute atomic E-state index is 0.0346. The molecular weight excluding hydrogens is 263 g/mol.